The predicted molar refractivity (Wildman–Crippen MR) is 112 cm³/mol. The summed E-state index contributed by atoms with van der Waals surface area (Å²) in [5, 5.41) is 0.907. The number of halogens is 2. The number of carbonyl (C=O) groups is 2. The first-order valence-electron chi connectivity index (χ1n) is 8.73. The van der Waals surface area contributed by atoms with E-state index in [9.17, 15) is 9.59 Å². The number of rotatable bonds is 3. The van der Waals surface area contributed by atoms with Crippen LogP contribution in [-0.4, -0.2) is 11.8 Å². The van der Waals surface area contributed by atoms with Crippen LogP contribution in [0.15, 0.2) is 66.4 Å². The highest BCUT2D eigenvalue weighted by molar-refractivity contribution is 6.33. The Labute approximate surface area is 177 Å². The van der Waals surface area contributed by atoms with Crippen molar-refractivity contribution in [3.63, 3.8) is 0 Å². The molecule has 0 amide bonds. The molecule has 6 heteroatoms. The fourth-order valence-corrected chi connectivity index (χ4v) is 3.37. The van der Waals surface area contributed by atoms with Gasteiger partial charge in [-0.05, 0) is 54.5 Å². The zero-order valence-corrected chi connectivity index (χ0v) is 16.8. The summed E-state index contributed by atoms with van der Waals surface area (Å²) in [6.07, 6.45) is 1.65. The van der Waals surface area contributed by atoms with Gasteiger partial charge in [0.05, 0.1) is 16.1 Å². The monoisotopic (exact) mass is 424 g/mol. The van der Waals surface area contributed by atoms with Gasteiger partial charge in [-0.1, -0.05) is 47.5 Å². The second-order valence-electron chi connectivity index (χ2n) is 6.47. The number of aryl methyl sites for hydroxylation is 1. The maximum absolute atomic E-state index is 12.7. The minimum atomic E-state index is -0.587. The summed E-state index contributed by atoms with van der Waals surface area (Å²) in [4.78, 5) is 25.2. The van der Waals surface area contributed by atoms with E-state index in [1.165, 1.54) is 6.07 Å². The summed E-state index contributed by atoms with van der Waals surface area (Å²) in [5.41, 5.74) is 2.14. The SMILES string of the molecule is Cc1cc(OC(=O)c2ccccc2Cl)cc2c1C(=O)/C(=C/c1ccc(Cl)cc1)O2. The molecular weight excluding hydrogens is 411 g/mol. The third-order valence-corrected chi connectivity index (χ3v) is 5.00. The van der Waals surface area contributed by atoms with Crippen LogP contribution in [0.5, 0.6) is 11.5 Å². The lowest BCUT2D eigenvalue weighted by molar-refractivity contribution is 0.0734. The van der Waals surface area contributed by atoms with Crippen molar-refractivity contribution in [1.29, 1.82) is 0 Å². The van der Waals surface area contributed by atoms with E-state index in [0.29, 0.717) is 26.9 Å². The van der Waals surface area contributed by atoms with Crippen LogP contribution in [0.3, 0.4) is 0 Å². The molecule has 0 N–H and O–H groups in total. The highest BCUT2D eigenvalue weighted by atomic mass is 35.5. The molecule has 0 saturated heterocycles. The smallest absolute Gasteiger partial charge is 0.345 e. The fraction of sp³-hybridized carbons (Fsp3) is 0.0435. The molecule has 1 heterocycles. The molecule has 29 heavy (non-hydrogen) atoms. The lowest BCUT2D eigenvalue weighted by Crippen LogP contribution is -2.09. The Balaban J connectivity index is 1.62. The van der Waals surface area contributed by atoms with Crippen molar-refractivity contribution in [2.45, 2.75) is 6.92 Å². The lowest BCUT2D eigenvalue weighted by atomic mass is 10.0. The molecule has 4 nitrogen and oxygen atoms in total. The topological polar surface area (TPSA) is 52.6 Å². The van der Waals surface area contributed by atoms with Gasteiger partial charge in [0.25, 0.3) is 0 Å². The van der Waals surface area contributed by atoms with Crippen LogP contribution in [0.25, 0.3) is 6.08 Å². The zero-order chi connectivity index (χ0) is 20.5. The van der Waals surface area contributed by atoms with E-state index >= 15 is 0 Å². The predicted octanol–water partition coefficient (Wildman–Crippen LogP) is 6.14. The van der Waals surface area contributed by atoms with Crippen molar-refractivity contribution >= 4 is 41.0 Å². The van der Waals surface area contributed by atoms with Crippen LogP contribution in [0, 0.1) is 6.92 Å². The van der Waals surface area contributed by atoms with E-state index in [0.717, 1.165) is 5.56 Å². The van der Waals surface area contributed by atoms with Gasteiger partial charge in [-0.15, -0.1) is 0 Å². The fourth-order valence-electron chi connectivity index (χ4n) is 3.04. The van der Waals surface area contributed by atoms with E-state index in [2.05, 4.69) is 0 Å². The van der Waals surface area contributed by atoms with E-state index < -0.39 is 5.97 Å². The van der Waals surface area contributed by atoms with Crippen LogP contribution in [0.4, 0.5) is 0 Å². The summed E-state index contributed by atoms with van der Waals surface area (Å²) in [6, 6.07) is 16.8. The second kappa shape index (κ2) is 7.74. The van der Waals surface area contributed by atoms with Crippen molar-refractivity contribution in [2.75, 3.05) is 0 Å². The molecule has 0 spiro atoms. The van der Waals surface area contributed by atoms with Gasteiger partial charge in [-0.3, -0.25) is 4.79 Å². The molecule has 0 atom stereocenters. The number of esters is 1. The van der Waals surface area contributed by atoms with Gasteiger partial charge in [0.1, 0.15) is 11.5 Å². The molecule has 0 aliphatic carbocycles. The number of fused-ring (bicyclic) bond motifs is 1. The number of hydrogen-bond acceptors (Lipinski definition) is 4. The first kappa shape index (κ1) is 19.2. The number of carbonyl (C=O) groups excluding carboxylic acids is 2. The standard InChI is InChI=1S/C23H14Cl2O4/c1-13-10-16(28-23(27)17-4-2-3-5-18(17)25)12-19-21(13)22(26)20(29-19)11-14-6-8-15(24)9-7-14/h2-12H,1H3/b20-11-. The van der Waals surface area contributed by atoms with Crippen molar-refractivity contribution < 1.29 is 19.1 Å². The molecule has 0 aromatic heterocycles. The van der Waals surface area contributed by atoms with Gasteiger partial charge in [-0.25, -0.2) is 4.79 Å². The Morgan fingerprint density at radius 1 is 1.03 bits per heavy atom. The van der Waals surface area contributed by atoms with Crippen molar-refractivity contribution in [1.82, 2.24) is 0 Å². The van der Waals surface area contributed by atoms with Crippen LogP contribution in [-0.2, 0) is 0 Å². The van der Waals surface area contributed by atoms with Gasteiger partial charge < -0.3 is 9.47 Å². The average molecular weight is 425 g/mol. The average Bonchev–Trinajstić information content (AvgIpc) is 2.99. The minimum absolute atomic E-state index is 0.194. The Kier molecular flexibility index (Phi) is 5.14. The molecule has 3 aromatic carbocycles. The molecular formula is C23H14Cl2O4. The number of allylic oxidation sites excluding steroid dienone is 1. The third kappa shape index (κ3) is 3.90. The molecule has 1 aliphatic heterocycles. The Bertz CT molecular complexity index is 1160. The highest BCUT2D eigenvalue weighted by Gasteiger charge is 2.30. The summed E-state index contributed by atoms with van der Waals surface area (Å²) >= 11 is 11.9. The maximum Gasteiger partial charge on any atom is 0.345 e. The second-order valence-corrected chi connectivity index (χ2v) is 7.32. The number of ketones is 1. The molecule has 0 unspecified atom stereocenters. The maximum atomic E-state index is 12.7. The number of hydrogen-bond donors (Lipinski definition) is 0. The number of Topliss-reactive ketones (excluding diaryl/α,β-unsaturated/α-hetero) is 1. The van der Waals surface area contributed by atoms with Crippen LogP contribution in [0.2, 0.25) is 10.0 Å². The molecule has 3 aromatic rings. The van der Waals surface area contributed by atoms with Gasteiger partial charge in [0, 0.05) is 11.1 Å². The van der Waals surface area contributed by atoms with Crippen molar-refractivity contribution in [3.8, 4) is 11.5 Å². The Morgan fingerprint density at radius 3 is 2.48 bits per heavy atom. The summed E-state index contributed by atoms with van der Waals surface area (Å²) in [7, 11) is 0. The van der Waals surface area contributed by atoms with Gasteiger partial charge in [0.15, 0.2) is 5.76 Å². The van der Waals surface area contributed by atoms with Gasteiger partial charge in [0.2, 0.25) is 5.78 Å². The minimum Gasteiger partial charge on any atom is -0.452 e. The molecule has 4 rings (SSSR count). The lowest BCUT2D eigenvalue weighted by Gasteiger charge is -2.08. The van der Waals surface area contributed by atoms with Gasteiger partial charge >= 0.3 is 5.97 Å². The van der Waals surface area contributed by atoms with E-state index in [-0.39, 0.29) is 22.9 Å². The largest absolute Gasteiger partial charge is 0.452 e. The van der Waals surface area contributed by atoms with Crippen LogP contribution in [0.1, 0.15) is 31.8 Å². The molecule has 144 valence electrons. The Hall–Kier alpha value is -3.08. The molecule has 0 bridgehead atoms. The van der Waals surface area contributed by atoms with E-state index in [1.54, 1.807) is 67.6 Å². The number of benzene rings is 3. The first-order chi connectivity index (χ1) is 13.9. The molecule has 0 radical (unpaired) electrons. The van der Waals surface area contributed by atoms with E-state index in [1.807, 2.05) is 0 Å². The van der Waals surface area contributed by atoms with Gasteiger partial charge in [-0.2, -0.15) is 0 Å². The van der Waals surface area contributed by atoms with Crippen molar-refractivity contribution in [3.05, 3.63) is 98.7 Å². The Morgan fingerprint density at radius 2 is 1.76 bits per heavy atom. The molecule has 0 fully saturated rings. The summed E-state index contributed by atoms with van der Waals surface area (Å²) in [6.45, 7) is 1.76. The van der Waals surface area contributed by atoms with E-state index in [4.69, 9.17) is 32.7 Å². The van der Waals surface area contributed by atoms with Crippen LogP contribution >= 0.6 is 23.2 Å². The van der Waals surface area contributed by atoms with Crippen molar-refractivity contribution in [2.24, 2.45) is 0 Å². The quantitative estimate of drug-likeness (QED) is 0.288. The zero-order valence-electron chi connectivity index (χ0n) is 15.2. The first-order valence-corrected chi connectivity index (χ1v) is 9.49. The normalized spacial score (nSPS) is 13.9. The highest BCUT2D eigenvalue weighted by Crippen LogP contribution is 2.38. The van der Waals surface area contributed by atoms with Crippen LogP contribution < -0.4 is 9.47 Å². The summed E-state index contributed by atoms with van der Waals surface area (Å²) in [5.74, 6) is -0.00322. The molecule has 0 saturated carbocycles. The number of ether oxygens (including phenoxy) is 2. The molecule has 1 aliphatic rings. The third-order valence-electron chi connectivity index (χ3n) is 4.42. The summed E-state index contributed by atoms with van der Waals surface area (Å²) < 4.78 is 11.2.